The molecule has 3 aliphatic rings. The molecule has 0 amide bonds. The van der Waals surface area contributed by atoms with Gasteiger partial charge in [-0.25, -0.2) is 14.6 Å². The molecular formula is C36H44O21. The number of aliphatic carboxylic acids is 1. The molecule has 0 aromatic heterocycles. The van der Waals surface area contributed by atoms with Gasteiger partial charge in [-0.05, 0) is 36.4 Å². The lowest BCUT2D eigenvalue weighted by atomic mass is 9.96. The predicted octanol–water partition coefficient (Wildman–Crippen LogP) is -1.77. The number of rotatable bonds is 19. The largest absolute Gasteiger partial charge is 0.510 e. The summed E-state index contributed by atoms with van der Waals surface area (Å²) < 4.78 is 27.6. The first kappa shape index (κ1) is 43.8. The summed E-state index contributed by atoms with van der Waals surface area (Å²) in [5.74, 6) is -2.94. The summed E-state index contributed by atoms with van der Waals surface area (Å²) in [5.41, 5.74) is -0.00478. The summed E-state index contributed by atoms with van der Waals surface area (Å²) in [4.78, 5) is 51.2. The summed E-state index contributed by atoms with van der Waals surface area (Å²) in [5, 5.41) is 101. The Morgan fingerprint density at radius 3 is 2.47 bits per heavy atom. The molecule has 1 fully saturated rings. The van der Waals surface area contributed by atoms with E-state index in [1.165, 1.54) is 36.4 Å². The van der Waals surface area contributed by atoms with Gasteiger partial charge in [0.15, 0.2) is 18.1 Å². The zero-order valence-corrected chi connectivity index (χ0v) is 30.2. The molecular weight excluding hydrogens is 768 g/mol. The van der Waals surface area contributed by atoms with Crippen LogP contribution in [0.15, 0.2) is 52.5 Å². The van der Waals surface area contributed by atoms with Crippen LogP contribution in [0.25, 0.3) is 10.8 Å². The third-order valence-corrected chi connectivity index (χ3v) is 9.51. The molecule has 2 aromatic carbocycles. The van der Waals surface area contributed by atoms with Crippen LogP contribution in [0.1, 0.15) is 24.5 Å². The first-order valence-electron chi connectivity index (χ1n) is 17.6. The third kappa shape index (κ3) is 10.2. The second-order valence-electron chi connectivity index (χ2n) is 13.5. The maximum atomic E-state index is 13.8. The van der Waals surface area contributed by atoms with E-state index in [-0.39, 0.29) is 41.5 Å². The van der Waals surface area contributed by atoms with Crippen molar-refractivity contribution in [3.63, 3.8) is 0 Å². The quantitative estimate of drug-likeness (QED) is 0.0247. The average Bonchev–Trinajstić information content (AvgIpc) is 3.46. The number of benzene rings is 1. The number of carboxylic acids is 1. The average molecular weight is 813 g/mol. The molecule has 0 spiro atoms. The van der Waals surface area contributed by atoms with Crippen LogP contribution in [0.4, 0.5) is 0 Å². The van der Waals surface area contributed by atoms with Gasteiger partial charge >= 0.3 is 11.9 Å². The van der Waals surface area contributed by atoms with Crippen LogP contribution in [0, 0.1) is 0 Å². The number of aromatic hydroxyl groups is 1. The summed E-state index contributed by atoms with van der Waals surface area (Å²) >= 11 is 0. The Kier molecular flexibility index (Phi) is 14.9. The summed E-state index contributed by atoms with van der Waals surface area (Å²) in [6.45, 7) is -1.52. The van der Waals surface area contributed by atoms with Crippen LogP contribution in [0.5, 0.6) is 11.5 Å². The minimum Gasteiger partial charge on any atom is -0.510 e. The Hall–Kier alpha value is -4.33. The van der Waals surface area contributed by atoms with E-state index in [0.717, 1.165) is 6.92 Å². The smallest absolute Gasteiger partial charge is 0.331 e. The lowest BCUT2D eigenvalue weighted by molar-refractivity contribution is -0.416. The van der Waals surface area contributed by atoms with Gasteiger partial charge < -0.3 is 69.6 Å². The molecule has 5 rings (SSSR count). The molecule has 11 unspecified atom stereocenters. The fourth-order valence-corrected chi connectivity index (χ4v) is 6.50. The van der Waals surface area contributed by atoms with Crippen molar-refractivity contribution in [3.05, 3.63) is 69.1 Å². The van der Waals surface area contributed by atoms with Crippen LogP contribution in [-0.4, -0.2) is 157 Å². The number of hydrogen-bond donors (Lipinski definition) is 10. The molecule has 0 saturated carbocycles. The lowest BCUT2D eigenvalue weighted by Crippen LogP contribution is -2.62. The molecule has 1 aliphatic carbocycles. The topological polar surface area (TPSA) is 327 Å². The Labute approximate surface area is 322 Å². The number of ether oxygens (including phenoxy) is 5. The normalized spacial score (nSPS) is 26.8. The number of carbonyl (C=O) groups is 2. The monoisotopic (exact) mass is 812 g/mol. The maximum Gasteiger partial charge on any atom is 0.331 e. The van der Waals surface area contributed by atoms with Crippen molar-refractivity contribution in [1.29, 1.82) is 0 Å². The molecule has 0 bridgehead atoms. The van der Waals surface area contributed by atoms with Crippen molar-refractivity contribution >= 4 is 22.7 Å². The van der Waals surface area contributed by atoms with Crippen molar-refractivity contribution < 1.29 is 99.2 Å². The first-order chi connectivity index (χ1) is 27.2. The van der Waals surface area contributed by atoms with Crippen LogP contribution >= 0.6 is 0 Å². The SMILES string of the molecule is CC(O)C(O)C(OC1OC(CO)C(OOCOc2cc(CCOC3CC4OC(=O)C=C4C=C3O)cc3ccc(CC(=O)O)c(O)c3c2=O)C(O)C1O)C(CO)OO. The number of esters is 1. The second kappa shape index (κ2) is 19.4. The van der Waals surface area contributed by atoms with Crippen molar-refractivity contribution in [2.24, 2.45) is 0 Å². The third-order valence-electron chi connectivity index (χ3n) is 9.51. The van der Waals surface area contributed by atoms with Gasteiger partial charge in [0, 0.05) is 23.6 Å². The van der Waals surface area contributed by atoms with E-state index in [0.29, 0.717) is 11.1 Å². The molecule has 2 aliphatic heterocycles. The minimum atomic E-state index is -1.98. The molecule has 57 heavy (non-hydrogen) atoms. The summed E-state index contributed by atoms with van der Waals surface area (Å²) in [7, 11) is 0. The number of carboxylic acid groups (broad SMARTS) is 1. The molecule has 11 atom stereocenters. The van der Waals surface area contributed by atoms with Gasteiger partial charge in [-0.1, -0.05) is 18.2 Å². The van der Waals surface area contributed by atoms with Crippen molar-refractivity contribution in [2.75, 3.05) is 26.6 Å². The molecule has 10 N–H and O–H groups in total. The van der Waals surface area contributed by atoms with Crippen LogP contribution in [0.2, 0.25) is 0 Å². The number of carbonyl (C=O) groups excluding carboxylic acids is 1. The van der Waals surface area contributed by atoms with Gasteiger partial charge in [-0.3, -0.25) is 14.8 Å². The van der Waals surface area contributed by atoms with Crippen LogP contribution in [-0.2, 0) is 56.0 Å². The van der Waals surface area contributed by atoms with E-state index in [9.17, 15) is 60.3 Å². The van der Waals surface area contributed by atoms with E-state index >= 15 is 0 Å². The predicted molar refractivity (Wildman–Crippen MR) is 186 cm³/mol. The van der Waals surface area contributed by atoms with Gasteiger partial charge in [-0.2, -0.15) is 4.89 Å². The zero-order chi connectivity index (χ0) is 41.6. The second-order valence-corrected chi connectivity index (χ2v) is 13.5. The summed E-state index contributed by atoms with van der Waals surface area (Å²) in [6.07, 6.45) is -14.6. The van der Waals surface area contributed by atoms with Gasteiger partial charge in [0.1, 0.15) is 60.3 Å². The van der Waals surface area contributed by atoms with Crippen molar-refractivity contribution in [1.82, 2.24) is 0 Å². The number of hydrogen-bond acceptors (Lipinski definition) is 20. The van der Waals surface area contributed by atoms with Crippen molar-refractivity contribution in [3.8, 4) is 11.5 Å². The van der Waals surface area contributed by atoms with Gasteiger partial charge in [0.05, 0.1) is 37.7 Å². The molecule has 2 aromatic rings. The van der Waals surface area contributed by atoms with Crippen molar-refractivity contribution in [2.45, 2.75) is 93.5 Å². The highest BCUT2D eigenvalue weighted by Gasteiger charge is 2.49. The Bertz CT molecular complexity index is 1860. The lowest BCUT2D eigenvalue weighted by Gasteiger charge is -2.43. The van der Waals surface area contributed by atoms with E-state index in [1.807, 2.05) is 0 Å². The van der Waals surface area contributed by atoms with Crippen LogP contribution < -0.4 is 10.2 Å². The molecule has 2 heterocycles. The van der Waals surface area contributed by atoms with E-state index in [4.69, 9.17) is 38.7 Å². The highest BCUT2D eigenvalue weighted by atomic mass is 17.2. The Morgan fingerprint density at radius 2 is 1.81 bits per heavy atom. The number of fused-ring (bicyclic) bond motifs is 2. The molecule has 0 radical (unpaired) electrons. The Balaban J connectivity index is 1.30. The zero-order valence-electron chi connectivity index (χ0n) is 30.2. The van der Waals surface area contributed by atoms with Crippen LogP contribution in [0.3, 0.4) is 0 Å². The first-order valence-corrected chi connectivity index (χ1v) is 17.6. The fraction of sp³-hybridized carbons (Fsp3) is 0.528. The maximum absolute atomic E-state index is 13.8. The number of phenolic OH excluding ortho intramolecular Hbond substituents is 1. The van der Waals surface area contributed by atoms with E-state index in [2.05, 4.69) is 4.89 Å². The van der Waals surface area contributed by atoms with Gasteiger partial charge in [0.2, 0.25) is 12.2 Å². The highest BCUT2D eigenvalue weighted by Crippen LogP contribution is 2.32. The van der Waals surface area contributed by atoms with Gasteiger partial charge in [-0.15, -0.1) is 0 Å². The minimum absolute atomic E-state index is 0.0221. The molecule has 314 valence electrons. The van der Waals surface area contributed by atoms with E-state index in [1.54, 1.807) is 0 Å². The molecule has 21 nitrogen and oxygen atoms in total. The number of aliphatic hydroxyl groups is 7. The van der Waals surface area contributed by atoms with Gasteiger partial charge in [0.25, 0.3) is 0 Å². The number of phenols is 1. The number of aliphatic hydroxyl groups excluding tert-OH is 7. The molecule has 21 heteroatoms. The molecule has 1 saturated heterocycles. The fourth-order valence-electron chi connectivity index (χ4n) is 6.50. The van der Waals surface area contributed by atoms with E-state index < -0.39 is 123 Å². The Morgan fingerprint density at radius 1 is 1.05 bits per heavy atom. The summed E-state index contributed by atoms with van der Waals surface area (Å²) in [6, 6.07) is 5.63. The standard InChI is InChI=1S/C36H44O21/c1-15(39)29(44)34(25(13-38)56-49)55-36-33(48)32(47)35(24(12-37)54-36)57-52-14-51-23-7-16(4-5-50-22-11-21-19(8-20(22)40)10-27(43)53-21)6-17-2-3-18(9-26(41)42)30(45)28(17)31(23)46/h2-3,6-8,10,15,21-22,24-25,29,32-40,44-45,47-49H,4-5,9,11-14H2,1H3,(H,41,42). The highest BCUT2D eigenvalue weighted by molar-refractivity contribution is 5.91.